The van der Waals surface area contributed by atoms with E-state index in [1.165, 1.54) is 25.9 Å². The van der Waals surface area contributed by atoms with E-state index in [1.807, 2.05) is 0 Å². The molecule has 1 unspecified atom stereocenters. The third kappa shape index (κ3) is 2.46. The minimum absolute atomic E-state index is 0.708. The van der Waals surface area contributed by atoms with Crippen molar-refractivity contribution in [2.24, 2.45) is 0 Å². The van der Waals surface area contributed by atoms with E-state index in [-0.39, 0.29) is 0 Å². The first-order valence-electron chi connectivity index (χ1n) is 4.70. The molecule has 0 amide bonds. The predicted octanol–water partition coefficient (Wildman–Crippen LogP) is 1.51. The number of likely N-dealkylation sites (N-methyl/N-ethyl adjacent to an activating group) is 1. The Morgan fingerprint density at radius 3 is 2.73 bits per heavy atom. The molecular weight excluding hydrogens is 138 g/mol. The van der Waals surface area contributed by atoms with Crippen LogP contribution in [0.15, 0.2) is 0 Å². The van der Waals surface area contributed by atoms with Crippen LogP contribution in [0.4, 0.5) is 0 Å². The molecule has 0 N–H and O–H groups in total. The van der Waals surface area contributed by atoms with Crippen molar-refractivity contribution < 1.29 is 4.74 Å². The lowest BCUT2D eigenvalue weighted by molar-refractivity contribution is 0.147. The second-order valence-electron chi connectivity index (χ2n) is 3.15. The van der Waals surface area contributed by atoms with Gasteiger partial charge in [-0.1, -0.05) is 13.8 Å². The van der Waals surface area contributed by atoms with Gasteiger partial charge in [0.25, 0.3) is 0 Å². The average molecular weight is 157 g/mol. The molecule has 0 saturated carbocycles. The molecule has 1 fully saturated rings. The van der Waals surface area contributed by atoms with Crippen molar-refractivity contribution in [1.29, 1.82) is 0 Å². The second kappa shape index (κ2) is 4.73. The van der Waals surface area contributed by atoms with Crippen molar-refractivity contribution in [2.45, 2.75) is 32.7 Å². The molecule has 0 aliphatic carbocycles. The maximum atomic E-state index is 5.34. The van der Waals surface area contributed by atoms with Crippen LogP contribution in [0.5, 0.6) is 0 Å². The zero-order valence-electron chi connectivity index (χ0n) is 7.68. The smallest absolute Gasteiger partial charge is 0.0622 e. The Morgan fingerprint density at radius 2 is 2.27 bits per heavy atom. The molecule has 0 bridgehead atoms. The summed E-state index contributed by atoms with van der Waals surface area (Å²) in [5.74, 6) is 0. The molecular formula is C9H19NO. The Morgan fingerprint density at radius 1 is 1.45 bits per heavy atom. The molecule has 1 heterocycles. The minimum atomic E-state index is 0.708. The van der Waals surface area contributed by atoms with Crippen LogP contribution in [-0.4, -0.2) is 37.2 Å². The first-order valence-corrected chi connectivity index (χ1v) is 4.70. The highest BCUT2D eigenvalue weighted by Crippen LogP contribution is 2.11. The normalized spacial score (nSPS) is 24.8. The highest BCUT2D eigenvalue weighted by Gasteiger charge is 2.20. The van der Waals surface area contributed by atoms with E-state index in [2.05, 4.69) is 18.7 Å². The Bertz CT molecular complexity index is 99.7. The van der Waals surface area contributed by atoms with Gasteiger partial charge in [-0.15, -0.1) is 0 Å². The first-order chi connectivity index (χ1) is 5.38. The summed E-state index contributed by atoms with van der Waals surface area (Å²) in [7, 11) is 0. The second-order valence-corrected chi connectivity index (χ2v) is 3.15. The third-order valence-electron chi connectivity index (χ3n) is 2.34. The van der Waals surface area contributed by atoms with Gasteiger partial charge in [-0.2, -0.15) is 0 Å². The van der Waals surface area contributed by atoms with Crippen molar-refractivity contribution in [2.75, 3.05) is 26.3 Å². The summed E-state index contributed by atoms with van der Waals surface area (Å²) < 4.78 is 5.34. The van der Waals surface area contributed by atoms with Gasteiger partial charge in [0.15, 0.2) is 0 Å². The molecule has 1 aliphatic rings. The Labute approximate surface area is 69.5 Å². The van der Waals surface area contributed by atoms with Gasteiger partial charge in [-0.3, -0.25) is 4.90 Å². The fraction of sp³-hybridized carbons (Fsp3) is 1.00. The standard InChI is InChI=1S/C9H19NO/c1-3-6-10(4-2)9-5-7-11-8-9/h9H,3-8H2,1-2H3. The topological polar surface area (TPSA) is 12.5 Å². The van der Waals surface area contributed by atoms with E-state index in [9.17, 15) is 0 Å². The number of ether oxygens (including phenoxy) is 1. The first kappa shape index (κ1) is 9.01. The van der Waals surface area contributed by atoms with Crippen LogP contribution < -0.4 is 0 Å². The van der Waals surface area contributed by atoms with Crippen LogP contribution in [0.3, 0.4) is 0 Å². The largest absolute Gasteiger partial charge is 0.380 e. The van der Waals surface area contributed by atoms with Gasteiger partial charge in [0.1, 0.15) is 0 Å². The highest BCUT2D eigenvalue weighted by atomic mass is 16.5. The van der Waals surface area contributed by atoms with Gasteiger partial charge in [0, 0.05) is 12.6 Å². The number of rotatable bonds is 4. The zero-order valence-corrected chi connectivity index (χ0v) is 7.68. The summed E-state index contributed by atoms with van der Waals surface area (Å²) in [6.45, 7) is 8.78. The van der Waals surface area contributed by atoms with Gasteiger partial charge in [-0.05, 0) is 25.9 Å². The van der Waals surface area contributed by atoms with Gasteiger partial charge in [-0.25, -0.2) is 0 Å². The highest BCUT2D eigenvalue weighted by molar-refractivity contribution is 4.74. The lowest BCUT2D eigenvalue weighted by Crippen LogP contribution is -2.35. The number of hydrogen-bond donors (Lipinski definition) is 0. The van der Waals surface area contributed by atoms with Crippen LogP contribution in [0, 0.1) is 0 Å². The number of hydrogen-bond acceptors (Lipinski definition) is 2. The third-order valence-corrected chi connectivity index (χ3v) is 2.34. The summed E-state index contributed by atoms with van der Waals surface area (Å²) in [6.07, 6.45) is 2.48. The molecule has 1 saturated heterocycles. The molecule has 0 radical (unpaired) electrons. The lowest BCUT2D eigenvalue weighted by Gasteiger charge is -2.25. The van der Waals surface area contributed by atoms with E-state index < -0.39 is 0 Å². The van der Waals surface area contributed by atoms with Crippen LogP contribution in [0.25, 0.3) is 0 Å². The Balaban J connectivity index is 2.27. The Kier molecular flexibility index (Phi) is 3.87. The maximum Gasteiger partial charge on any atom is 0.0622 e. The lowest BCUT2D eigenvalue weighted by atomic mass is 10.2. The molecule has 0 spiro atoms. The van der Waals surface area contributed by atoms with Crippen molar-refractivity contribution in [3.63, 3.8) is 0 Å². The monoisotopic (exact) mass is 157 g/mol. The van der Waals surface area contributed by atoms with Gasteiger partial charge in [0.05, 0.1) is 6.61 Å². The van der Waals surface area contributed by atoms with Crippen molar-refractivity contribution >= 4 is 0 Å². The summed E-state index contributed by atoms with van der Waals surface area (Å²) >= 11 is 0. The van der Waals surface area contributed by atoms with Gasteiger partial charge in [0.2, 0.25) is 0 Å². The van der Waals surface area contributed by atoms with E-state index in [1.54, 1.807) is 0 Å². The van der Waals surface area contributed by atoms with Gasteiger partial charge >= 0.3 is 0 Å². The van der Waals surface area contributed by atoms with Crippen LogP contribution >= 0.6 is 0 Å². The van der Waals surface area contributed by atoms with E-state index in [4.69, 9.17) is 4.74 Å². The molecule has 0 aromatic carbocycles. The molecule has 11 heavy (non-hydrogen) atoms. The SMILES string of the molecule is CCCN(CC)C1CCOC1. The predicted molar refractivity (Wildman–Crippen MR) is 46.8 cm³/mol. The van der Waals surface area contributed by atoms with E-state index in [0.29, 0.717) is 6.04 Å². The van der Waals surface area contributed by atoms with Crippen LogP contribution in [0.2, 0.25) is 0 Å². The molecule has 1 atom stereocenters. The summed E-state index contributed by atoms with van der Waals surface area (Å²) in [6, 6.07) is 0.708. The van der Waals surface area contributed by atoms with E-state index in [0.717, 1.165) is 13.2 Å². The van der Waals surface area contributed by atoms with Crippen LogP contribution in [-0.2, 0) is 4.74 Å². The van der Waals surface area contributed by atoms with Crippen LogP contribution in [0.1, 0.15) is 26.7 Å². The summed E-state index contributed by atoms with van der Waals surface area (Å²) in [5.41, 5.74) is 0. The fourth-order valence-electron chi connectivity index (χ4n) is 1.70. The minimum Gasteiger partial charge on any atom is -0.380 e. The molecule has 66 valence electrons. The van der Waals surface area contributed by atoms with Crippen molar-refractivity contribution in [3.05, 3.63) is 0 Å². The molecule has 0 aromatic heterocycles. The molecule has 1 aliphatic heterocycles. The number of nitrogens with zero attached hydrogens (tertiary/aromatic N) is 1. The van der Waals surface area contributed by atoms with Crippen molar-refractivity contribution in [3.8, 4) is 0 Å². The maximum absolute atomic E-state index is 5.34. The summed E-state index contributed by atoms with van der Waals surface area (Å²) in [4.78, 5) is 2.52. The van der Waals surface area contributed by atoms with E-state index >= 15 is 0 Å². The van der Waals surface area contributed by atoms with Crippen molar-refractivity contribution in [1.82, 2.24) is 4.90 Å². The fourth-order valence-corrected chi connectivity index (χ4v) is 1.70. The molecule has 2 nitrogen and oxygen atoms in total. The summed E-state index contributed by atoms with van der Waals surface area (Å²) in [5, 5.41) is 0. The molecule has 2 heteroatoms. The molecule has 0 aromatic rings. The molecule has 1 rings (SSSR count). The average Bonchev–Trinajstić information content (AvgIpc) is 2.52. The van der Waals surface area contributed by atoms with Gasteiger partial charge < -0.3 is 4.74 Å². The quantitative estimate of drug-likeness (QED) is 0.613. The Hall–Kier alpha value is -0.0800. The zero-order chi connectivity index (χ0) is 8.10.